The largest absolute Gasteiger partial charge is 0.496 e. The number of hydrogen-bond acceptors (Lipinski definition) is 4. The fourth-order valence-corrected chi connectivity index (χ4v) is 3.95. The number of rotatable bonds is 7. The van der Waals surface area contributed by atoms with Crippen LogP contribution >= 0.6 is 0 Å². The van der Waals surface area contributed by atoms with Crippen LogP contribution in [0.5, 0.6) is 5.75 Å². The number of aryl methyl sites for hydroxylation is 1. The van der Waals surface area contributed by atoms with Gasteiger partial charge in [-0.05, 0) is 38.0 Å². The monoisotopic (exact) mass is 395 g/mol. The average Bonchev–Trinajstić information content (AvgIpc) is 2.72. The summed E-state index contributed by atoms with van der Waals surface area (Å²) < 4.78 is 5.57. The third kappa shape index (κ3) is 4.75. The smallest absolute Gasteiger partial charge is 0.231 e. The Morgan fingerprint density at radius 1 is 1.24 bits per heavy atom. The molecule has 0 unspecified atom stereocenters. The Bertz CT molecular complexity index is 868. The van der Waals surface area contributed by atoms with Gasteiger partial charge in [0.15, 0.2) is 0 Å². The molecule has 1 fully saturated rings. The van der Waals surface area contributed by atoms with Gasteiger partial charge in [-0.25, -0.2) is 4.98 Å². The number of unbranched alkanes of at least 4 members (excludes halogenated alkanes) is 1. The van der Waals surface area contributed by atoms with Crippen molar-refractivity contribution in [2.75, 3.05) is 19.0 Å². The van der Waals surface area contributed by atoms with Crippen molar-refractivity contribution in [3.63, 3.8) is 0 Å². The molecule has 6 heteroatoms. The second kappa shape index (κ2) is 9.54. The van der Waals surface area contributed by atoms with E-state index in [2.05, 4.69) is 17.2 Å². The molecular formula is C23H29N3O3. The number of amides is 2. The van der Waals surface area contributed by atoms with Gasteiger partial charge in [-0.3, -0.25) is 9.59 Å². The number of nitrogens with one attached hydrogen (secondary N) is 1. The van der Waals surface area contributed by atoms with Crippen LogP contribution in [-0.4, -0.2) is 35.4 Å². The minimum Gasteiger partial charge on any atom is -0.496 e. The molecule has 154 valence electrons. The maximum absolute atomic E-state index is 13.3. The fraction of sp³-hybridized carbons (Fsp3) is 0.435. The van der Waals surface area contributed by atoms with E-state index < -0.39 is 0 Å². The maximum atomic E-state index is 13.3. The van der Waals surface area contributed by atoms with Crippen molar-refractivity contribution in [1.29, 1.82) is 0 Å². The van der Waals surface area contributed by atoms with Gasteiger partial charge in [0.1, 0.15) is 11.6 Å². The standard InChI is InChI=1S/C23H29N3O3/c1-4-5-15-26-21(27)14-13-18(22(26)17-10-6-7-11-19(17)29-3)23(28)25-20-12-8-9-16(2)24-20/h6-12,18,22H,4-5,13-15H2,1-3H3,(H,24,25,28)/t18-,22-/m0/s1. The Kier molecular flexibility index (Phi) is 6.86. The molecule has 3 rings (SSSR count). The molecular weight excluding hydrogens is 366 g/mol. The molecule has 0 bridgehead atoms. The van der Waals surface area contributed by atoms with Crippen LogP contribution in [0.3, 0.4) is 0 Å². The van der Waals surface area contributed by atoms with E-state index >= 15 is 0 Å². The van der Waals surface area contributed by atoms with E-state index in [0.29, 0.717) is 31.0 Å². The summed E-state index contributed by atoms with van der Waals surface area (Å²) in [5.41, 5.74) is 1.71. The van der Waals surface area contributed by atoms with Gasteiger partial charge >= 0.3 is 0 Å². The van der Waals surface area contributed by atoms with Crippen molar-refractivity contribution in [2.24, 2.45) is 5.92 Å². The highest BCUT2D eigenvalue weighted by atomic mass is 16.5. The molecule has 0 aliphatic carbocycles. The first-order chi connectivity index (χ1) is 14.0. The molecule has 0 saturated carbocycles. The normalized spacial score (nSPS) is 19.1. The molecule has 0 radical (unpaired) electrons. The first kappa shape index (κ1) is 20.8. The van der Waals surface area contributed by atoms with Crippen molar-refractivity contribution < 1.29 is 14.3 Å². The summed E-state index contributed by atoms with van der Waals surface area (Å²) in [6.07, 6.45) is 2.74. The van der Waals surface area contributed by atoms with Crippen LogP contribution in [0.25, 0.3) is 0 Å². The number of likely N-dealkylation sites (tertiary alicyclic amines) is 1. The third-order valence-electron chi connectivity index (χ3n) is 5.39. The van der Waals surface area contributed by atoms with Gasteiger partial charge in [0.2, 0.25) is 11.8 Å². The number of carbonyl (C=O) groups excluding carboxylic acids is 2. The molecule has 1 aliphatic heterocycles. The SMILES string of the molecule is CCCCN1C(=O)CC[C@H](C(=O)Nc2cccc(C)n2)[C@@H]1c1ccccc1OC. The van der Waals surface area contributed by atoms with E-state index in [-0.39, 0.29) is 23.8 Å². The maximum Gasteiger partial charge on any atom is 0.231 e. The van der Waals surface area contributed by atoms with E-state index in [9.17, 15) is 9.59 Å². The van der Waals surface area contributed by atoms with Crippen molar-refractivity contribution in [1.82, 2.24) is 9.88 Å². The molecule has 1 saturated heterocycles. The lowest BCUT2D eigenvalue weighted by atomic mass is 9.83. The molecule has 6 nitrogen and oxygen atoms in total. The number of ether oxygens (including phenoxy) is 1. The Labute approximate surface area is 172 Å². The van der Waals surface area contributed by atoms with Gasteiger partial charge < -0.3 is 15.0 Å². The summed E-state index contributed by atoms with van der Waals surface area (Å²) >= 11 is 0. The number of pyridine rings is 1. The number of carbonyl (C=O) groups is 2. The van der Waals surface area contributed by atoms with E-state index in [1.165, 1.54) is 0 Å². The fourth-order valence-electron chi connectivity index (χ4n) is 3.95. The molecule has 2 atom stereocenters. The van der Waals surface area contributed by atoms with Crippen LogP contribution in [0.4, 0.5) is 5.82 Å². The Morgan fingerprint density at radius 2 is 2.03 bits per heavy atom. The zero-order chi connectivity index (χ0) is 20.8. The number of nitrogens with zero attached hydrogens (tertiary/aromatic N) is 2. The predicted octanol–water partition coefficient (Wildman–Crippen LogP) is 4.12. The highest BCUT2D eigenvalue weighted by molar-refractivity contribution is 5.94. The van der Waals surface area contributed by atoms with E-state index in [1.807, 2.05) is 48.2 Å². The van der Waals surface area contributed by atoms with Crippen molar-refractivity contribution >= 4 is 17.6 Å². The van der Waals surface area contributed by atoms with Crippen LogP contribution in [0.1, 0.15) is 49.9 Å². The summed E-state index contributed by atoms with van der Waals surface area (Å²) in [7, 11) is 1.62. The number of para-hydroxylation sites is 1. The van der Waals surface area contributed by atoms with Gasteiger partial charge in [0.25, 0.3) is 0 Å². The number of hydrogen-bond donors (Lipinski definition) is 1. The minimum absolute atomic E-state index is 0.0899. The first-order valence-electron chi connectivity index (χ1n) is 10.2. The first-order valence-corrected chi connectivity index (χ1v) is 10.2. The van der Waals surface area contributed by atoms with Gasteiger partial charge in [0, 0.05) is 24.2 Å². The van der Waals surface area contributed by atoms with Crippen molar-refractivity contribution in [3.8, 4) is 5.75 Å². The highest BCUT2D eigenvalue weighted by Crippen LogP contribution is 2.41. The summed E-state index contributed by atoms with van der Waals surface area (Å²) in [5.74, 6) is 0.828. The molecule has 1 N–H and O–H groups in total. The quantitative estimate of drug-likeness (QED) is 0.766. The molecule has 1 aromatic carbocycles. The summed E-state index contributed by atoms with van der Waals surface area (Å²) in [5, 5.41) is 2.95. The Morgan fingerprint density at radius 3 is 2.76 bits per heavy atom. The van der Waals surface area contributed by atoms with Crippen LogP contribution in [0, 0.1) is 12.8 Å². The summed E-state index contributed by atoms with van der Waals surface area (Å²) in [6, 6.07) is 12.8. The number of benzene rings is 1. The highest BCUT2D eigenvalue weighted by Gasteiger charge is 2.41. The molecule has 2 aromatic rings. The molecule has 1 aromatic heterocycles. The van der Waals surface area contributed by atoms with Crippen molar-refractivity contribution in [3.05, 3.63) is 53.7 Å². The van der Waals surface area contributed by atoms with Crippen LogP contribution in [-0.2, 0) is 9.59 Å². The number of methoxy groups -OCH3 is 1. The number of piperidine rings is 1. The average molecular weight is 396 g/mol. The van der Waals surface area contributed by atoms with Crippen molar-refractivity contribution in [2.45, 2.75) is 45.6 Å². The number of aromatic nitrogens is 1. The lowest BCUT2D eigenvalue weighted by Crippen LogP contribution is -2.47. The zero-order valence-electron chi connectivity index (χ0n) is 17.4. The van der Waals surface area contributed by atoms with E-state index in [4.69, 9.17) is 4.74 Å². The molecule has 1 aliphatic rings. The summed E-state index contributed by atoms with van der Waals surface area (Å²) in [6.45, 7) is 4.61. The lowest BCUT2D eigenvalue weighted by Gasteiger charge is -2.41. The van der Waals surface area contributed by atoms with E-state index in [0.717, 1.165) is 24.1 Å². The zero-order valence-corrected chi connectivity index (χ0v) is 17.4. The van der Waals surface area contributed by atoms with Crippen LogP contribution in [0.15, 0.2) is 42.5 Å². The molecule has 2 amide bonds. The third-order valence-corrected chi connectivity index (χ3v) is 5.39. The second-order valence-corrected chi connectivity index (χ2v) is 7.43. The molecule has 2 heterocycles. The van der Waals surface area contributed by atoms with Gasteiger partial charge in [0.05, 0.1) is 19.1 Å². The second-order valence-electron chi connectivity index (χ2n) is 7.43. The summed E-state index contributed by atoms with van der Waals surface area (Å²) in [4.78, 5) is 32.3. The topological polar surface area (TPSA) is 71.5 Å². The minimum atomic E-state index is -0.372. The number of anilines is 1. The van der Waals surface area contributed by atoms with Crippen LogP contribution in [0.2, 0.25) is 0 Å². The van der Waals surface area contributed by atoms with E-state index in [1.54, 1.807) is 13.2 Å². The van der Waals surface area contributed by atoms with Crippen LogP contribution < -0.4 is 10.1 Å². The molecule has 0 spiro atoms. The molecule has 29 heavy (non-hydrogen) atoms. The Balaban J connectivity index is 1.96. The lowest BCUT2D eigenvalue weighted by molar-refractivity contribution is -0.142. The Hall–Kier alpha value is -2.89. The van der Waals surface area contributed by atoms with Gasteiger partial charge in [-0.1, -0.05) is 37.6 Å². The van der Waals surface area contributed by atoms with Gasteiger partial charge in [-0.15, -0.1) is 0 Å². The predicted molar refractivity (Wildman–Crippen MR) is 113 cm³/mol. The van der Waals surface area contributed by atoms with Gasteiger partial charge in [-0.2, -0.15) is 0 Å².